The maximum absolute atomic E-state index is 12.5. The number of halogens is 3. The fraction of sp³-hybridized carbons (Fsp3) is 0.538. The molecular formula is C13H18F3N3O2. The number of alkyl halides is 3. The first-order chi connectivity index (χ1) is 9.58. The summed E-state index contributed by atoms with van der Waals surface area (Å²) < 4.78 is 42.4. The third kappa shape index (κ3) is 6.82. The summed E-state index contributed by atoms with van der Waals surface area (Å²) in [5, 5.41) is 5.17. The normalized spacial score (nSPS) is 11.9. The lowest BCUT2D eigenvalue weighted by atomic mass is 10.2. The van der Waals surface area contributed by atoms with Gasteiger partial charge in [-0.1, -0.05) is 6.07 Å². The van der Waals surface area contributed by atoms with E-state index in [4.69, 9.17) is 4.74 Å². The Morgan fingerprint density at radius 3 is 2.48 bits per heavy atom. The third-order valence-corrected chi connectivity index (χ3v) is 2.14. The molecule has 21 heavy (non-hydrogen) atoms. The van der Waals surface area contributed by atoms with Crippen molar-refractivity contribution in [2.45, 2.75) is 32.5 Å². The Morgan fingerprint density at radius 2 is 1.90 bits per heavy atom. The Bertz CT molecular complexity index is 484. The fourth-order valence-corrected chi connectivity index (χ4v) is 1.36. The number of amides is 1. The zero-order valence-corrected chi connectivity index (χ0v) is 12.0. The summed E-state index contributed by atoms with van der Waals surface area (Å²) in [6, 6.07) is 3.58. The highest BCUT2D eigenvalue weighted by molar-refractivity contribution is 5.67. The molecule has 5 nitrogen and oxygen atoms in total. The van der Waals surface area contributed by atoms with E-state index in [2.05, 4.69) is 15.6 Å². The van der Waals surface area contributed by atoms with Crippen LogP contribution in [0.4, 0.5) is 23.8 Å². The molecule has 2 N–H and O–H groups in total. The summed E-state index contributed by atoms with van der Waals surface area (Å²) >= 11 is 0. The van der Waals surface area contributed by atoms with Crippen molar-refractivity contribution < 1.29 is 22.7 Å². The van der Waals surface area contributed by atoms with Gasteiger partial charge in [-0.2, -0.15) is 13.2 Å². The number of aromatic nitrogens is 1. The van der Waals surface area contributed by atoms with Crippen LogP contribution in [0.1, 0.15) is 26.5 Å². The van der Waals surface area contributed by atoms with Crippen LogP contribution in [0.15, 0.2) is 18.2 Å². The van der Waals surface area contributed by atoms with Gasteiger partial charge in [0.05, 0.1) is 0 Å². The minimum Gasteiger partial charge on any atom is -0.444 e. The van der Waals surface area contributed by atoms with E-state index in [1.807, 2.05) is 0 Å². The molecule has 0 saturated heterocycles. The zero-order valence-electron chi connectivity index (χ0n) is 12.0. The first kappa shape index (κ1) is 17.1. The molecule has 0 fully saturated rings. The van der Waals surface area contributed by atoms with E-state index in [0.717, 1.165) is 6.07 Å². The van der Waals surface area contributed by atoms with Gasteiger partial charge in [0, 0.05) is 13.1 Å². The van der Waals surface area contributed by atoms with Gasteiger partial charge >= 0.3 is 12.3 Å². The molecule has 0 radical (unpaired) electrons. The third-order valence-electron chi connectivity index (χ3n) is 2.14. The van der Waals surface area contributed by atoms with Crippen molar-refractivity contribution in [3.63, 3.8) is 0 Å². The van der Waals surface area contributed by atoms with Crippen LogP contribution in [0, 0.1) is 0 Å². The number of nitrogens with zero attached hydrogens (tertiary/aromatic N) is 1. The van der Waals surface area contributed by atoms with Crippen LogP contribution in [-0.2, 0) is 10.9 Å². The predicted molar refractivity (Wildman–Crippen MR) is 72.0 cm³/mol. The highest BCUT2D eigenvalue weighted by atomic mass is 19.4. The van der Waals surface area contributed by atoms with E-state index < -0.39 is 23.6 Å². The number of anilines is 1. The van der Waals surface area contributed by atoms with Gasteiger partial charge in [0.2, 0.25) is 0 Å². The maximum atomic E-state index is 12.5. The largest absolute Gasteiger partial charge is 0.444 e. The summed E-state index contributed by atoms with van der Waals surface area (Å²) in [7, 11) is 0. The number of ether oxygens (including phenoxy) is 1. The van der Waals surface area contributed by atoms with Gasteiger partial charge < -0.3 is 15.4 Å². The van der Waals surface area contributed by atoms with Crippen LogP contribution in [0.2, 0.25) is 0 Å². The van der Waals surface area contributed by atoms with Crippen LogP contribution < -0.4 is 10.6 Å². The molecule has 1 aromatic rings. The number of hydrogen-bond acceptors (Lipinski definition) is 4. The standard InChI is InChI=1S/C13H18F3N3O2/c1-12(2,3)21-11(20)18-8-7-17-10-6-4-5-9(19-10)13(14,15)16/h4-6H,7-8H2,1-3H3,(H,17,19)(H,18,20). The van der Waals surface area contributed by atoms with Gasteiger partial charge in [0.1, 0.15) is 17.1 Å². The predicted octanol–water partition coefficient (Wildman–Crippen LogP) is 3.04. The Balaban J connectivity index is 2.38. The van der Waals surface area contributed by atoms with E-state index in [0.29, 0.717) is 0 Å². The number of carbonyl (C=O) groups excluding carboxylic acids is 1. The van der Waals surface area contributed by atoms with Crippen molar-refractivity contribution in [3.8, 4) is 0 Å². The van der Waals surface area contributed by atoms with E-state index in [9.17, 15) is 18.0 Å². The molecule has 0 aliphatic carbocycles. The monoisotopic (exact) mass is 305 g/mol. The molecule has 0 aromatic carbocycles. The second-order valence-corrected chi connectivity index (χ2v) is 5.26. The highest BCUT2D eigenvalue weighted by Crippen LogP contribution is 2.27. The Hall–Kier alpha value is -1.99. The van der Waals surface area contributed by atoms with Crippen LogP contribution in [-0.4, -0.2) is 29.8 Å². The molecule has 1 amide bonds. The SMILES string of the molecule is CC(C)(C)OC(=O)NCCNc1cccc(C(F)(F)F)n1. The zero-order chi connectivity index (χ0) is 16.1. The summed E-state index contributed by atoms with van der Waals surface area (Å²) in [5.41, 5.74) is -1.56. The summed E-state index contributed by atoms with van der Waals surface area (Å²) in [6.45, 7) is 5.63. The Morgan fingerprint density at radius 1 is 1.24 bits per heavy atom. The summed E-state index contributed by atoms with van der Waals surface area (Å²) in [5.74, 6) is 0.0933. The molecular weight excluding hydrogens is 287 g/mol. The van der Waals surface area contributed by atoms with Gasteiger partial charge in [0.15, 0.2) is 0 Å². The van der Waals surface area contributed by atoms with Gasteiger partial charge in [-0.3, -0.25) is 0 Å². The molecule has 0 unspecified atom stereocenters. The summed E-state index contributed by atoms with van der Waals surface area (Å²) in [4.78, 5) is 14.8. The summed E-state index contributed by atoms with van der Waals surface area (Å²) in [6.07, 6.45) is -5.06. The molecule has 118 valence electrons. The number of carbonyl (C=O) groups is 1. The molecule has 1 rings (SSSR count). The van der Waals surface area contributed by atoms with Gasteiger partial charge in [-0.15, -0.1) is 0 Å². The topological polar surface area (TPSA) is 63.2 Å². The quantitative estimate of drug-likeness (QED) is 0.839. The number of nitrogens with one attached hydrogen (secondary N) is 2. The maximum Gasteiger partial charge on any atom is 0.433 e. The Kier molecular flexibility index (Phi) is 5.40. The first-order valence-corrected chi connectivity index (χ1v) is 6.33. The lowest BCUT2D eigenvalue weighted by molar-refractivity contribution is -0.141. The molecule has 0 aliphatic rings. The number of rotatable bonds is 4. The van der Waals surface area contributed by atoms with E-state index in [1.165, 1.54) is 12.1 Å². The average molecular weight is 305 g/mol. The van der Waals surface area contributed by atoms with Crippen LogP contribution in [0.3, 0.4) is 0 Å². The molecule has 0 spiro atoms. The van der Waals surface area contributed by atoms with Crippen molar-refractivity contribution in [1.29, 1.82) is 0 Å². The molecule has 1 heterocycles. The van der Waals surface area contributed by atoms with E-state index in [1.54, 1.807) is 20.8 Å². The lowest BCUT2D eigenvalue weighted by Crippen LogP contribution is -2.35. The molecule has 1 aromatic heterocycles. The van der Waals surface area contributed by atoms with Gasteiger partial charge in [-0.05, 0) is 32.9 Å². The molecule has 0 atom stereocenters. The van der Waals surface area contributed by atoms with E-state index >= 15 is 0 Å². The van der Waals surface area contributed by atoms with Crippen LogP contribution in [0.5, 0.6) is 0 Å². The minimum absolute atomic E-state index is 0.0933. The molecule has 0 aliphatic heterocycles. The highest BCUT2D eigenvalue weighted by Gasteiger charge is 2.32. The van der Waals surface area contributed by atoms with Gasteiger partial charge in [-0.25, -0.2) is 9.78 Å². The lowest BCUT2D eigenvalue weighted by Gasteiger charge is -2.19. The second kappa shape index (κ2) is 6.64. The fourth-order valence-electron chi connectivity index (χ4n) is 1.36. The second-order valence-electron chi connectivity index (χ2n) is 5.26. The van der Waals surface area contributed by atoms with E-state index in [-0.39, 0.29) is 18.9 Å². The molecule has 0 saturated carbocycles. The minimum atomic E-state index is -4.48. The van der Waals surface area contributed by atoms with Crippen LogP contribution >= 0.6 is 0 Å². The smallest absolute Gasteiger partial charge is 0.433 e. The van der Waals surface area contributed by atoms with Crippen LogP contribution in [0.25, 0.3) is 0 Å². The Labute approximate surface area is 120 Å². The van der Waals surface area contributed by atoms with Crippen molar-refractivity contribution in [2.75, 3.05) is 18.4 Å². The number of alkyl carbamates (subject to hydrolysis) is 1. The van der Waals surface area contributed by atoms with Gasteiger partial charge in [0.25, 0.3) is 0 Å². The first-order valence-electron chi connectivity index (χ1n) is 6.33. The van der Waals surface area contributed by atoms with Crippen molar-refractivity contribution >= 4 is 11.9 Å². The number of hydrogen-bond donors (Lipinski definition) is 2. The molecule has 8 heteroatoms. The molecule has 0 bridgehead atoms. The van der Waals surface area contributed by atoms with Crippen molar-refractivity contribution in [2.24, 2.45) is 0 Å². The average Bonchev–Trinajstić information content (AvgIpc) is 2.32. The number of pyridine rings is 1. The van der Waals surface area contributed by atoms with Crippen molar-refractivity contribution in [1.82, 2.24) is 10.3 Å². The van der Waals surface area contributed by atoms with Crippen molar-refractivity contribution in [3.05, 3.63) is 23.9 Å².